The lowest BCUT2D eigenvalue weighted by atomic mass is 10.1. The van der Waals surface area contributed by atoms with E-state index in [1.165, 1.54) is 12.1 Å². The van der Waals surface area contributed by atoms with Gasteiger partial charge in [-0.05, 0) is 30.2 Å². The van der Waals surface area contributed by atoms with E-state index in [2.05, 4.69) is 21.3 Å². The molecule has 1 saturated heterocycles. The van der Waals surface area contributed by atoms with Crippen LogP contribution in [0.1, 0.15) is 24.0 Å². The van der Waals surface area contributed by atoms with Crippen molar-refractivity contribution in [3.05, 3.63) is 65.7 Å². The van der Waals surface area contributed by atoms with Gasteiger partial charge < -0.3 is 16.0 Å². The first-order valence-electron chi connectivity index (χ1n) is 10.6. The third kappa shape index (κ3) is 8.38. The molecule has 2 aromatic rings. The number of anilines is 1. The largest absolute Gasteiger partial charge is 0.416 e. The van der Waals surface area contributed by atoms with Crippen LogP contribution in [0.2, 0.25) is 0 Å². The van der Waals surface area contributed by atoms with Crippen molar-refractivity contribution in [2.45, 2.75) is 37.0 Å². The normalized spacial score (nSPS) is 18.1. The summed E-state index contributed by atoms with van der Waals surface area (Å²) in [6.45, 7) is 0.482. The second kappa shape index (κ2) is 11.9. The van der Waals surface area contributed by atoms with E-state index in [4.69, 9.17) is 0 Å². The maximum absolute atomic E-state index is 12.8. The zero-order valence-corrected chi connectivity index (χ0v) is 19.0. The SMILES string of the molecule is O=C(CC1CC(=O)NC(SCC(=O)Nc2cccc(C(F)(F)F)c2)N1)NCCc1ccccc1. The van der Waals surface area contributed by atoms with Gasteiger partial charge in [0.25, 0.3) is 0 Å². The predicted molar refractivity (Wildman–Crippen MR) is 124 cm³/mol. The van der Waals surface area contributed by atoms with Gasteiger partial charge in [0, 0.05) is 31.1 Å². The van der Waals surface area contributed by atoms with Gasteiger partial charge >= 0.3 is 6.18 Å². The van der Waals surface area contributed by atoms with Gasteiger partial charge in [0.1, 0.15) is 5.50 Å². The highest BCUT2D eigenvalue weighted by Gasteiger charge is 2.31. The van der Waals surface area contributed by atoms with E-state index in [0.717, 1.165) is 29.5 Å². The maximum atomic E-state index is 12.8. The van der Waals surface area contributed by atoms with Crippen molar-refractivity contribution in [1.29, 1.82) is 0 Å². The summed E-state index contributed by atoms with van der Waals surface area (Å²) in [6, 6.07) is 13.7. The van der Waals surface area contributed by atoms with Crippen LogP contribution in [0, 0.1) is 0 Å². The summed E-state index contributed by atoms with van der Waals surface area (Å²) in [5.41, 5.74) is -0.316. The Morgan fingerprint density at radius 3 is 2.56 bits per heavy atom. The third-order valence-corrected chi connectivity index (χ3v) is 5.99. The van der Waals surface area contributed by atoms with Gasteiger partial charge in [-0.1, -0.05) is 36.4 Å². The number of nitrogens with one attached hydrogen (secondary N) is 4. The molecule has 34 heavy (non-hydrogen) atoms. The van der Waals surface area contributed by atoms with Crippen molar-refractivity contribution in [3.8, 4) is 0 Å². The van der Waals surface area contributed by atoms with Crippen molar-refractivity contribution >= 4 is 35.2 Å². The Kier molecular flexibility index (Phi) is 8.94. The van der Waals surface area contributed by atoms with E-state index in [9.17, 15) is 27.6 Å². The molecule has 0 aliphatic carbocycles. The highest BCUT2D eigenvalue weighted by atomic mass is 32.2. The van der Waals surface area contributed by atoms with Crippen LogP contribution in [-0.4, -0.2) is 41.6 Å². The number of carbonyl (C=O) groups excluding carboxylic acids is 3. The van der Waals surface area contributed by atoms with E-state index in [0.29, 0.717) is 13.0 Å². The van der Waals surface area contributed by atoms with Crippen LogP contribution in [0.4, 0.5) is 18.9 Å². The first-order chi connectivity index (χ1) is 16.2. The van der Waals surface area contributed by atoms with Crippen LogP contribution in [0.25, 0.3) is 0 Å². The minimum Gasteiger partial charge on any atom is -0.356 e. The highest BCUT2D eigenvalue weighted by molar-refractivity contribution is 8.00. The third-order valence-electron chi connectivity index (χ3n) is 4.98. The second-order valence-corrected chi connectivity index (χ2v) is 8.84. The van der Waals surface area contributed by atoms with Crippen LogP contribution in [0.3, 0.4) is 0 Å². The molecule has 0 aromatic heterocycles. The molecule has 11 heteroatoms. The molecule has 182 valence electrons. The Balaban J connectivity index is 1.41. The average Bonchev–Trinajstić information content (AvgIpc) is 2.78. The Bertz CT molecular complexity index is 1000. The first kappa shape index (κ1) is 25.6. The number of hydrogen-bond acceptors (Lipinski definition) is 5. The Morgan fingerprint density at radius 2 is 1.82 bits per heavy atom. The quantitative estimate of drug-likeness (QED) is 0.430. The predicted octanol–water partition coefficient (Wildman–Crippen LogP) is 2.89. The molecular formula is C23H25F3N4O3S. The number of carbonyl (C=O) groups is 3. The minimum absolute atomic E-state index is 0.0334. The van der Waals surface area contributed by atoms with Gasteiger partial charge in [-0.25, -0.2) is 0 Å². The maximum Gasteiger partial charge on any atom is 0.416 e. The van der Waals surface area contributed by atoms with Gasteiger partial charge in [0.2, 0.25) is 17.7 Å². The smallest absolute Gasteiger partial charge is 0.356 e. The lowest BCUT2D eigenvalue weighted by Crippen LogP contribution is -2.56. The molecule has 0 radical (unpaired) electrons. The van der Waals surface area contributed by atoms with Gasteiger partial charge in [0.15, 0.2) is 0 Å². The van der Waals surface area contributed by atoms with Crippen LogP contribution in [0.15, 0.2) is 54.6 Å². The topological polar surface area (TPSA) is 99.3 Å². The standard InChI is InChI=1S/C23H25F3N4O3S/c24-23(25,26)16-7-4-8-17(11-16)28-21(33)14-34-22-29-18(13-20(32)30-22)12-19(31)27-10-9-15-5-2-1-3-6-15/h1-8,11,18,22,29H,9-10,12-14H2,(H,27,31)(H,28,33)(H,30,32). The first-order valence-corrected chi connectivity index (χ1v) is 11.7. The zero-order chi connectivity index (χ0) is 24.6. The molecule has 4 N–H and O–H groups in total. The lowest BCUT2D eigenvalue weighted by Gasteiger charge is -2.30. The Hall–Kier alpha value is -3.05. The molecule has 3 amide bonds. The van der Waals surface area contributed by atoms with Crippen molar-refractivity contribution < 1.29 is 27.6 Å². The lowest BCUT2D eigenvalue weighted by molar-refractivity contribution is -0.137. The summed E-state index contributed by atoms with van der Waals surface area (Å²) in [7, 11) is 0. The van der Waals surface area contributed by atoms with Gasteiger partial charge in [-0.15, -0.1) is 11.8 Å². The number of amides is 3. The fraction of sp³-hybridized carbons (Fsp3) is 0.348. The molecule has 1 aliphatic rings. The van der Waals surface area contributed by atoms with Crippen LogP contribution in [0.5, 0.6) is 0 Å². The number of rotatable bonds is 9. The Morgan fingerprint density at radius 1 is 1.06 bits per heavy atom. The highest BCUT2D eigenvalue weighted by Crippen LogP contribution is 2.30. The monoisotopic (exact) mass is 494 g/mol. The summed E-state index contributed by atoms with van der Waals surface area (Å²) < 4.78 is 38.4. The second-order valence-electron chi connectivity index (χ2n) is 7.74. The molecule has 0 bridgehead atoms. The molecule has 1 fully saturated rings. The van der Waals surface area contributed by atoms with Crippen LogP contribution in [-0.2, 0) is 27.0 Å². The van der Waals surface area contributed by atoms with Crippen molar-refractivity contribution in [1.82, 2.24) is 16.0 Å². The molecule has 0 spiro atoms. The summed E-state index contributed by atoms with van der Waals surface area (Å²) in [6.07, 6.45) is -3.57. The molecule has 2 atom stereocenters. The summed E-state index contributed by atoms with van der Waals surface area (Å²) in [5, 5.41) is 11.1. The van der Waals surface area contributed by atoms with E-state index >= 15 is 0 Å². The summed E-state index contributed by atoms with van der Waals surface area (Å²) in [4.78, 5) is 36.5. The fourth-order valence-corrected chi connectivity index (χ4v) is 4.27. The molecule has 1 aliphatic heterocycles. The molecule has 2 unspecified atom stereocenters. The van der Waals surface area contributed by atoms with E-state index in [1.807, 2.05) is 30.3 Å². The van der Waals surface area contributed by atoms with E-state index < -0.39 is 29.2 Å². The van der Waals surface area contributed by atoms with E-state index in [1.54, 1.807) is 0 Å². The molecule has 7 nitrogen and oxygen atoms in total. The van der Waals surface area contributed by atoms with Gasteiger partial charge in [0.05, 0.1) is 11.3 Å². The van der Waals surface area contributed by atoms with Gasteiger partial charge in [-0.3, -0.25) is 19.7 Å². The summed E-state index contributed by atoms with van der Waals surface area (Å²) >= 11 is 1.08. The Labute approximate surface area is 199 Å². The number of benzene rings is 2. The fourth-order valence-electron chi connectivity index (χ4n) is 3.38. The summed E-state index contributed by atoms with van der Waals surface area (Å²) in [5.74, 6) is -1.06. The minimum atomic E-state index is -4.51. The van der Waals surface area contributed by atoms with Gasteiger partial charge in [-0.2, -0.15) is 13.2 Å². The van der Waals surface area contributed by atoms with Crippen molar-refractivity contribution in [2.24, 2.45) is 0 Å². The number of hydrogen-bond donors (Lipinski definition) is 4. The zero-order valence-electron chi connectivity index (χ0n) is 18.2. The average molecular weight is 495 g/mol. The molecule has 2 aromatic carbocycles. The number of halogens is 3. The molecular weight excluding hydrogens is 469 g/mol. The van der Waals surface area contributed by atoms with Crippen LogP contribution >= 0.6 is 11.8 Å². The number of alkyl halides is 3. The van der Waals surface area contributed by atoms with Crippen molar-refractivity contribution in [3.63, 3.8) is 0 Å². The number of thioether (sulfide) groups is 1. The van der Waals surface area contributed by atoms with E-state index in [-0.39, 0.29) is 36.1 Å². The molecule has 3 rings (SSSR count). The van der Waals surface area contributed by atoms with Crippen LogP contribution < -0.4 is 21.3 Å². The van der Waals surface area contributed by atoms with Crippen molar-refractivity contribution in [2.75, 3.05) is 17.6 Å². The molecule has 1 heterocycles. The molecule has 0 saturated carbocycles.